The first-order chi connectivity index (χ1) is 11.5. The number of halogens is 4. The maximum absolute atomic E-state index is 12.8. The minimum atomic E-state index is -4.82. The number of nitrogens with one attached hydrogen (secondary N) is 1. The van der Waals surface area contributed by atoms with E-state index in [1.807, 2.05) is 0 Å². The molecular formula is C13H10BrF3N2O6. The highest BCUT2D eigenvalue weighted by atomic mass is 79.9. The van der Waals surface area contributed by atoms with Crippen molar-refractivity contribution in [2.24, 2.45) is 0 Å². The molecule has 1 N–H and O–H groups in total. The van der Waals surface area contributed by atoms with Gasteiger partial charge in [-0.1, -0.05) is 0 Å². The highest BCUT2D eigenvalue weighted by Gasteiger charge is 2.34. The van der Waals surface area contributed by atoms with Gasteiger partial charge in [0.1, 0.15) is 11.4 Å². The molecule has 0 amide bonds. The van der Waals surface area contributed by atoms with E-state index in [0.29, 0.717) is 18.2 Å². The molecule has 0 aliphatic rings. The van der Waals surface area contributed by atoms with Gasteiger partial charge in [-0.05, 0) is 22.0 Å². The van der Waals surface area contributed by atoms with E-state index >= 15 is 0 Å². The third kappa shape index (κ3) is 5.17. The molecule has 0 heterocycles. The number of hydrogen-bond acceptors (Lipinski definition) is 7. The van der Waals surface area contributed by atoms with Crippen molar-refractivity contribution in [2.45, 2.75) is 6.18 Å². The highest BCUT2D eigenvalue weighted by Crippen LogP contribution is 2.40. The fourth-order valence-corrected chi connectivity index (χ4v) is 2.14. The number of benzene rings is 1. The van der Waals surface area contributed by atoms with E-state index in [4.69, 9.17) is 0 Å². The first-order valence-electron chi connectivity index (χ1n) is 6.21. The van der Waals surface area contributed by atoms with E-state index in [-0.39, 0.29) is 4.47 Å². The Morgan fingerprint density at radius 3 is 2.32 bits per heavy atom. The number of alkyl halides is 3. The monoisotopic (exact) mass is 426 g/mol. The molecule has 25 heavy (non-hydrogen) atoms. The second kappa shape index (κ2) is 7.96. The number of ether oxygens (including phenoxy) is 2. The van der Waals surface area contributed by atoms with Gasteiger partial charge in [0.05, 0.1) is 30.8 Å². The lowest BCUT2D eigenvalue weighted by Crippen LogP contribution is -2.17. The van der Waals surface area contributed by atoms with E-state index in [0.717, 1.165) is 14.2 Å². The highest BCUT2D eigenvalue weighted by molar-refractivity contribution is 9.10. The van der Waals surface area contributed by atoms with Gasteiger partial charge in [-0.2, -0.15) is 13.2 Å². The molecule has 136 valence electrons. The summed E-state index contributed by atoms with van der Waals surface area (Å²) in [5.74, 6) is -2.08. The van der Waals surface area contributed by atoms with Gasteiger partial charge in [-0.25, -0.2) is 9.59 Å². The minimum Gasteiger partial charge on any atom is -0.466 e. The first-order valence-corrected chi connectivity index (χ1v) is 7.00. The summed E-state index contributed by atoms with van der Waals surface area (Å²) in [6.07, 6.45) is -4.18. The number of nitro groups is 1. The molecule has 0 aliphatic heterocycles. The molecule has 0 spiro atoms. The maximum Gasteiger partial charge on any atom is 0.416 e. The SMILES string of the molecule is COC(=O)/C=C(/Nc1c(Br)cc(C(F)(F)F)cc1[N+](=O)[O-])C(=O)OC. The van der Waals surface area contributed by atoms with Gasteiger partial charge < -0.3 is 14.8 Å². The van der Waals surface area contributed by atoms with Crippen LogP contribution in [0.2, 0.25) is 0 Å². The van der Waals surface area contributed by atoms with Crippen LogP contribution in [0.3, 0.4) is 0 Å². The Hall–Kier alpha value is -2.63. The third-order valence-electron chi connectivity index (χ3n) is 2.72. The molecule has 0 fully saturated rings. The van der Waals surface area contributed by atoms with Crippen LogP contribution >= 0.6 is 15.9 Å². The van der Waals surface area contributed by atoms with E-state index in [1.54, 1.807) is 0 Å². The van der Waals surface area contributed by atoms with Crippen LogP contribution in [-0.2, 0) is 25.2 Å². The third-order valence-corrected chi connectivity index (χ3v) is 3.35. The summed E-state index contributed by atoms with van der Waals surface area (Å²) in [4.78, 5) is 33.0. The molecule has 0 saturated carbocycles. The van der Waals surface area contributed by atoms with Crippen molar-refractivity contribution in [1.29, 1.82) is 0 Å². The number of carbonyl (C=O) groups excluding carboxylic acids is 2. The molecule has 0 aliphatic carbocycles. The van der Waals surface area contributed by atoms with Crippen LogP contribution in [-0.4, -0.2) is 31.1 Å². The van der Waals surface area contributed by atoms with Crippen molar-refractivity contribution < 1.29 is 37.2 Å². The fraction of sp³-hybridized carbons (Fsp3) is 0.231. The number of nitro benzene ring substituents is 1. The Bertz CT molecular complexity index is 748. The quantitative estimate of drug-likeness (QED) is 0.333. The van der Waals surface area contributed by atoms with Crippen LogP contribution in [0.5, 0.6) is 0 Å². The number of esters is 2. The average Bonchev–Trinajstić information content (AvgIpc) is 2.53. The van der Waals surface area contributed by atoms with Gasteiger partial charge in [0, 0.05) is 10.5 Å². The normalized spacial score (nSPS) is 11.7. The van der Waals surface area contributed by atoms with E-state index in [1.165, 1.54) is 0 Å². The smallest absolute Gasteiger partial charge is 0.416 e. The van der Waals surface area contributed by atoms with E-state index < -0.39 is 45.7 Å². The summed E-state index contributed by atoms with van der Waals surface area (Å²) >= 11 is 2.78. The van der Waals surface area contributed by atoms with Crippen LogP contribution in [0, 0.1) is 10.1 Å². The predicted octanol–water partition coefficient (Wildman–Crippen LogP) is 3.02. The molecule has 1 aromatic rings. The summed E-state index contributed by atoms with van der Waals surface area (Å²) in [7, 11) is 2.00. The zero-order valence-corrected chi connectivity index (χ0v) is 14.2. The molecule has 0 aromatic heterocycles. The van der Waals surface area contributed by atoms with Gasteiger partial charge >= 0.3 is 18.1 Å². The Labute approximate surface area is 146 Å². The number of anilines is 1. The Morgan fingerprint density at radius 1 is 1.28 bits per heavy atom. The van der Waals surface area contributed by atoms with Crippen molar-refractivity contribution in [2.75, 3.05) is 19.5 Å². The van der Waals surface area contributed by atoms with Gasteiger partial charge in [0.2, 0.25) is 0 Å². The summed E-state index contributed by atoms with van der Waals surface area (Å²) in [6.45, 7) is 0. The van der Waals surface area contributed by atoms with Crippen molar-refractivity contribution in [1.82, 2.24) is 0 Å². The maximum atomic E-state index is 12.8. The van der Waals surface area contributed by atoms with Crippen LogP contribution in [0.4, 0.5) is 24.5 Å². The molecule has 1 rings (SSSR count). The summed E-state index contributed by atoms with van der Waals surface area (Å²) in [6, 6.07) is 0.877. The fourth-order valence-electron chi connectivity index (χ4n) is 1.59. The lowest BCUT2D eigenvalue weighted by atomic mass is 10.1. The number of nitrogens with zero attached hydrogens (tertiary/aromatic N) is 1. The number of rotatable bonds is 5. The van der Waals surface area contributed by atoms with E-state index in [9.17, 15) is 32.9 Å². The lowest BCUT2D eigenvalue weighted by molar-refractivity contribution is -0.384. The molecule has 0 saturated heterocycles. The molecule has 0 bridgehead atoms. The second-order valence-corrected chi connectivity index (χ2v) is 5.16. The van der Waals surface area contributed by atoms with Crippen molar-refractivity contribution in [3.05, 3.63) is 44.1 Å². The van der Waals surface area contributed by atoms with Gasteiger partial charge in [-0.3, -0.25) is 10.1 Å². The average molecular weight is 427 g/mol. The largest absolute Gasteiger partial charge is 0.466 e. The van der Waals surface area contributed by atoms with Crippen LogP contribution in [0.25, 0.3) is 0 Å². The molecule has 0 radical (unpaired) electrons. The first kappa shape index (κ1) is 20.4. The summed E-state index contributed by atoms with van der Waals surface area (Å²) in [5, 5.41) is 13.3. The topological polar surface area (TPSA) is 108 Å². The molecule has 0 unspecified atom stereocenters. The van der Waals surface area contributed by atoms with Crippen LogP contribution in [0.1, 0.15) is 5.56 Å². The molecule has 12 heteroatoms. The van der Waals surface area contributed by atoms with E-state index in [2.05, 4.69) is 30.7 Å². The molecule has 0 atom stereocenters. The van der Waals surface area contributed by atoms with Crippen LogP contribution < -0.4 is 5.32 Å². The Morgan fingerprint density at radius 2 is 1.88 bits per heavy atom. The number of hydrogen-bond donors (Lipinski definition) is 1. The Kier molecular flexibility index (Phi) is 6.50. The van der Waals surface area contributed by atoms with Crippen molar-refractivity contribution >= 4 is 39.2 Å². The summed E-state index contributed by atoms with van der Waals surface area (Å²) < 4.78 is 46.8. The zero-order valence-electron chi connectivity index (χ0n) is 12.6. The Balaban J connectivity index is 3.49. The zero-order chi connectivity index (χ0) is 19.4. The standard InChI is InChI=1S/C13H10BrF3N2O6/c1-24-10(20)5-8(12(21)25-2)18-11-7(14)3-6(13(15,16)17)4-9(11)19(22)23/h3-5,18H,1-2H3/b8-5+. The van der Waals surface area contributed by atoms with Gasteiger partial charge in [0.15, 0.2) is 0 Å². The van der Waals surface area contributed by atoms with Crippen molar-refractivity contribution in [3.8, 4) is 0 Å². The summed E-state index contributed by atoms with van der Waals surface area (Å²) in [5.41, 5.74) is -3.29. The number of carbonyl (C=O) groups is 2. The molecular weight excluding hydrogens is 417 g/mol. The number of methoxy groups -OCH3 is 2. The predicted molar refractivity (Wildman–Crippen MR) is 81.5 cm³/mol. The van der Waals surface area contributed by atoms with Gasteiger partial charge in [0.25, 0.3) is 5.69 Å². The molecule has 8 nitrogen and oxygen atoms in total. The lowest BCUT2D eigenvalue weighted by Gasteiger charge is -2.13. The van der Waals surface area contributed by atoms with Crippen molar-refractivity contribution in [3.63, 3.8) is 0 Å². The minimum absolute atomic E-state index is 0.292. The second-order valence-electron chi connectivity index (χ2n) is 4.30. The van der Waals surface area contributed by atoms with Crippen LogP contribution in [0.15, 0.2) is 28.4 Å². The molecule has 1 aromatic carbocycles. The van der Waals surface area contributed by atoms with Gasteiger partial charge in [-0.15, -0.1) is 0 Å².